The summed E-state index contributed by atoms with van der Waals surface area (Å²) in [6.45, 7) is 6.53. The SMILES string of the molecule is CB1c2oc3ccccc3c2C=C(C)N1N1c2nccnc2N(c2ccccc2)[C@@H]1C. The zero-order chi connectivity index (χ0) is 21.1. The van der Waals surface area contributed by atoms with Gasteiger partial charge < -0.3 is 14.2 Å². The molecule has 4 aromatic rings. The Kier molecular flexibility index (Phi) is 3.87. The molecule has 6 nitrogen and oxygen atoms in total. The maximum atomic E-state index is 6.31. The summed E-state index contributed by atoms with van der Waals surface area (Å²) in [4.78, 5) is 13.9. The van der Waals surface area contributed by atoms with Crippen LogP contribution in [0.4, 0.5) is 17.3 Å². The minimum atomic E-state index is -0.00321. The maximum Gasteiger partial charge on any atom is 0.353 e. The minimum absolute atomic E-state index is 0.00321. The van der Waals surface area contributed by atoms with Crippen LogP contribution >= 0.6 is 0 Å². The largest absolute Gasteiger partial charge is 0.468 e. The van der Waals surface area contributed by atoms with Gasteiger partial charge in [-0.05, 0) is 38.1 Å². The summed E-state index contributed by atoms with van der Waals surface area (Å²) >= 11 is 0. The Morgan fingerprint density at radius 1 is 0.935 bits per heavy atom. The van der Waals surface area contributed by atoms with E-state index >= 15 is 0 Å². The van der Waals surface area contributed by atoms with Crippen molar-refractivity contribution < 1.29 is 4.42 Å². The van der Waals surface area contributed by atoms with Crippen LogP contribution in [-0.2, 0) is 0 Å². The molecule has 2 aliphatic rings. The number of fused-ring (bicyclic) bond motifs is 4. The molecule has 0 radical (unpaired) electrons. The topological polar surface area (TPSA) is 48.6 Å². The van der Waals surface area contributed by atoms with Gasteiger partial charge in [-0.15, -0.1) is 0 Å². The number of allylic oxidation sites excluding steroid dienone is 1. The first kappa shape index (κ1) is 18.1. The molecule has 31 heavy (non-hydrogen) atoms. The highest BCUT2D eigenvalue weighted by molar-refractivity contribution is 6.70. The Labute approximate surface area is 181 Å². The molecule has 0 N–H and O–H groups in total. The first-order chi connectivity index (χ1) is 15.1. The predicted molar refractivity (Wildman–Crippen MR) is 126 cm³/mol. The predicted octanol–water partition coefficient (Wildman–Crippen LogP) is 4.65. The maximum absolute atomic E-state index is 6.31. The lowest BCUT2D eigenvalue weighted by Gasteiger charge is -2.43. The van der Waals surface area contributed by atoms with Crippen LogP contribution in [0.1, 0.15) is 19.4 Å². The van der Waals surface area contributed by atoms with E-state index in [1.165, 1.54) is 5.56 Å². The van der Waals surface area contributed by atoms with E-state index in [0.717, 1.165) is 39.6 Å². The number of hydrazine groups is 1. The summed E-state index contributed by atoms with van der Waals surface area (Å²) in [6.07, 6.45) is 5.73. The average Bonchev–Trinajstić information content (AvgIpc) is 3.30. The number of anilines is 3. The second-order valence-corrected chi connectivity index (χ2v) is 8.07. The van der Waals surface area contributed by atoms with Gasteiger partial charge in [-0.25, -0.2) is 9.97 Å². The summed E-state index contributed by atoms with van der Waals surface area (Å²) in [6, 6.07) is 18.6. The number of benzene rings is 2. The van der Waals surface area contributed by atoms with Crippen LogP contribution < -0.4 is 15.6 Å². The fourth-order valence-electron chi connectivity index (χ4n) is 4.92. The van der Waals surface area contributed by atoms with E-state index in [0.29, 0.717) is 0 Å². The van der Waals surface area contributed by atoms with Crippen molar-refractivity contribution in [1.29, 1.82) is 0 Å². The molecule has 0 saturated heterocycles. The summed E-state index contributed by atoms with van der Waals surface area (Å²) in [5.74, 6) is 1.70. The monoisotopic (exact) mass is 407 g/mol. The van der Waals surface area contributed by atoms with E-state index in [4.69, 9.17) is 14.4 Å². The molecule has 2 aliphatic heterocycles. The van der Waals surface area contributed by atoms with E-state index in [2.05, 4.69) is 78.0 Å². The Morgan fingerprint density at radius 3 is 2.45 bits per heavy atom. The average molecular weight is 407 g/mol. The first-order valence-corrected chi connectivity index (χ1v) is 10.6. The van der Waals surface area contributed by atoms with Crippen LogP contribution in [0.25, 0.3) is 17.0 Å². The highest BCUT2D eigenvalue weighted by atomic mass is 16.3. The fourth-order valence-corrected chi connectivity index (χ4v) is 4.92. The molecular weight excluding hydrogens is 385 g/mol. The molecule has 4 heterocycles. The van der Waals surface area contributed by atoms with E-state index in [9.17, 15) is 0 Å². The molecule has 6 rings (SSSR count). The van der Waals surface area contributed by atoms with Crippen molar-refractivity contribution in [3.63, 3.8) is 0 Å². The summed E-state index contributed by atoms with van der Waals surface area (Å²) < 4.78 is 6.31. The van der Waals surface area contributed by atoms with Crippen LogP contribution in [-0.4, -0.2) is 27.9 Å². The quantitative estimate of drug-likeness (QED) is 0.451. The number of nitrogens with zero attached hydrogens (tertiary/aromatic N) is 5. The van der Waals surface area contributed by atoms with Gasteiger partial charge in [0.25, 0.3) is 0 Å². The normalized spacial score (nSPS) is 17.8. The smallest absolute Gasteiger partial charge is 0.353 e. The van der Waals surface area contributed by atoms with Gasteiger partial charge in [0, 0.05) is 34.7 Å². The molecule has 2 aromatic heterocycles. The van der Waals surface area contributed by atoms with Crippen LogP contribution in [0, 0.1) is 0 Å². The van der Waals surface area contributed by atoms with Gasteiger partial charge in [0.05, 0.1) is 0 Å². The van der Waals surface area contributed by atoms with Crippen molar-refractivity contribution in [1.82, 2.24) is 14.9 Å². The Hall–Kier alpha value is -3.74. The number of furan rings is 1. The van der Waals surface area contributed by atoms with Gasteiger partial charge in [-0.1, -0.05) is 43.2 Å². The van der Waals surface area contributed by atoms with Gasteiger partial charge >= 0.3 is 6.85 Å². The van der Waals surface area contributed by atoms with Gasteiger partial charge in [0.15, 0.2) is 11.6 Å². The molecule has 0 unspecified atom stereocenters. The van der Waals surface area contributed by atoms with Gasteiger partial charge in [-0.2, -0.15) is 0 Å². The van der Waals surface area contributed by atoms with E-state index in [-0.39, 0.29) is 13.0 Å². The highest BCUT2D eigenvalue weighted by Crippen LogP contribution is 2.43. The molecular formula is C24H22BN5O. The molecule has 2 aromatic carbocycles. The van der Waals surface area contributed by atoms with Crippen LogP contribution in [0.3, 0.4) is 0 Å². The van der Waals surface area contributed by atoms with Gasteiger partial charge in [0.2, 0.25) is 0 Å². The first-order valence-electron chi connectivity index (χ1n) is 10.6. The van der Waals surface area contributed by atoms with Crippen molar-refractivity contribution in [2.45, 2.75) is 26.8 Å². The Bertz CT molecular complexity index is 1320. The molecule has 0 amide bonds. The number of rotatable bonds is 2. The van der Waals surface area contributed by atoms with Crippen molar-refractivity contribution in [3.05, 3.63) is 78.3 Å². The second-order valence-electron chi connectivity index (χ2n) is 8.07. The van der Waals surface area contributed by atoms with Crippen molar-refractivity contribution >= 4 is 46.9 Å². The van der Waals surface area contributed by atoms with Crippen LogP contribution in [0.2, 0.25) is 6.82 Å². The molecule has 0 fully saturated rings. The second kappa shape index (κ2) is 6.64. The summed E-state index contributed by atoms with van der Waals surface area (Å²) in [7, 11) is 0. The Morgan fingerprint density at radius 2 is 1.65 bits per heavy atom. The minimum Gasteiger partial charge on any atom is -0.468 e. The molecule has 152 valence electrons. The van der Waals surface area contributed by atoms with Gasteiger partial charge in [-0.3, -0.25) is 5.01 Å². The summed E-state index contributed by atoms with van der Waals surface area (Å²) in [5, 5.41) is 3.39. The Balaban J connectivity index is 1.49. The molecule has 1 atom stereocenters. The molecule has 0 saturated carbocycles. The number of hydrogen-bond donors (Lipinski definition) is 0. The van der Waals surface area contributed by atoms with E-state index < -0.39 is 0 Å². The third-order valence-electron chi connectivity index (χ3n) is 6.22. The molecule has 0 bridgehead atoms. The standard InChI is InChI=1S/C24H22BN5O/c1-16-15-20-19-11-7-8-12-21(19)31-22(20)25(3)30(16)29-17(2)28(18-9-5-4-6-10-18)23-24(29)27-14-13-26-23/h4-15,17H,1-3H3/t17-/m0/s1. The van der Waals surface area contributed by atoms with E-state index in [1.807, 2.05) is 18.2 Å². The molecule has 7 heteroatoms. The van der Waals surface area contributed by atoms with Gasteiger partial charge in [0.1, 0.15) is 17.4 Å². The summed E-state index contributed by atoms with van der Waals surface area (Å²) in [5.41, 5.74) is 5.30. The number of aromatic nitrogens is 2. The lowest BCUT2D eigenvalue weighted by molar-refractivity contribution is 0.436. The van der Waals surface area contributed by atoms with Crippen molar-refractivity contribution in [2.75, 3.05) is 9.91 Å². The zero-order valence-electron chi connectivity index (χ0n) is 17.7. The number of hydrogen-bond acceptors (Lipinski definition) is 6. The van der Waals surface area contributed by atoms with E-state index in [1.54, 1.807) is 12.4 Å². The van der Waals surface area contributed by atoms with Crippen molar-refractivity contribution in [3.8, 4) is 0 Å². The third kappa shape index (κ3) is 2.52. The van der Waals surface area contributed by atoms with Crippen LogP contribution in [0.15, 0.2) is 77.1 Å². The molecule has 0 spiro atoms. The lowest BCUT2D eigenvalue weighted by Crippen LogP contribution is -2.59. The number of para-hydroxylation sites is 2. The lowest BCUT2D eigenvalue weighted by atomic mass is 9.58. The highest BCUT2D eigenvalue weighted by Gasteiger charge is 2.44. The third-order valence-corrected chi connectivity index (χ3v) is 6.22. The fraction of sp³-hybridized carbons (Fsp3) is 0.167. The zero-order valence-corrected chi connectivity index (χ0v) is 17.7. The van der Waals surface area contributed by atoms with Crippen molar-refractivity contribution in [2.24, 2.45) is 0 Å². The van der Waals surface area contributed by atoms with Crippen LogP contribution in [0.5, 0.6) is 0 Å². The molecule has 0 aliphatic carbocycles.